The van der Waals surface area contributed by atoms with E-state index in [1.54, 1.807) is 6.07 Å². The second kappa shape index (κ2) is 6.58. The van der Waals surface area contributed by atoms with Crippen LogP contribution in [0.5, 0.6) is 0 Å². The van der Waals surface area contributed by atoms with Gasteiger partial charge in [-0.3, -0.25) is 0 Å². The maximum Gasteiger partial charge on any atom is 0.163 e. The van der Waals surface area contributed by atoms with Gasteiger partial charge in [0.05, 0.1) is 10.5 Å². The molecule has 5 heteroatoms. The van der Waals surface area contributed by atoms with Gasteiger partial charge < -0.3 is 4.90 Å². The van der Waals surface area contributed by atoms with Crippen LogP contribution >= 0.6 is 23.2 Å². The standard InChI is InChI=1S/C24H25Cl2N3/c1-23(2)11-16-12-24(3,13-23)14-29(16)22-18-6-4-5-7-20(18)27-21(28-22)17-9-8-15(25)10-19(17)26/h4-10,16H,11-14H2,1-3H3. The Morgan fingerprint density at radius 2 is 1.79 bits per heavy atom. The van der Waals surface area contributed by atoms with Crippen LogP contribution in [0.1, 0.15) is 40.0 Å². The first kappa shape index (κ1) is 19.1. The first-order chi connectivity index (χ1) is 13.7. The molecule has 2 fully saturated rings. The van der Waals surface area contributed by atoms with E-state index < -0.39 is 0 Å². The van der Waals surface area contributed by atoms with Gasteiger partial charge in [-0.2, -0.15) is 0 Å². The molecule has 1 saturated heterocycles. The molecular weight excluding hydrogens is 401 g/mol. The summed E-state index contributed by atoms with van der Waals surface area (Å²) in [7, 11) is 0. The molecule has 2 unspecified atom stereocenters. The largest absolute Gasteiger partial charge is 0.352 e. The van der Waals surface area contributed by atoms with Crippen molar-refractivity contribution in [3.8, 4) is 11.4 Å². The van der Waals surface area contributed by atoms with Gasteiger partial charge in [-0.15, -0.1) is 0 Å². The van der Waals surface area contributed by atoms with Gasteiger partial charge in [0.1, 0.15) is 5.82 Å². The van der Waals surface area contributed by atoms with E-state index in [4.69, 9.17) is 33.2 Å². The molecule has 3 aromatic rings. The van der Waals surface area contributed by atoms with Gasteiger partial charge in [0, 0.05) is 28.6 Å². The van der Waals surface area contributed by atoms with Crippen molar-refractivity contribution in [2.75, 3.05) is 11.4 Å². The molecule has 29 heavy (non-hydrogen) atoms. The predicted molar refractivity (Wildman–Crippen MR) is 122 cm³/mol. The minimum atomic E-state index is 0.330. The summed E-state index contributed by atoms with van der Waals surface area (Å²) in [6.45, 7) is 8.27. The van der Waals surface area contributed by atoms with Crippen molar-refractivity contribution in [2.45, 2.75) is 46.1 Å². The summed E-state index contributed by atoms with van der Waals surface area (Å²) < 4.78 is 0. The number of para-hydroxylation sites is 1. The van der Waals surface area contributed by atoms with Crippen LogP contribution in [0.4, 0.5) is 5.82 Å². The molecule has 5 rings (SSSR count). The zero-order valence-electron chi connectivity index (χ0n) is 17.0. The third-order valence-electron chi connectivity index (χ3n) is 6.44. The maximum atomic E-state index is 6.50. The fourth-order valence-corrected chi connectivity index (χ4v) is 6.27. The van der Waals surface area contributed by atoms with Crippen LogP contribution < -0.4 is 4.90 Å². The molecule has 150 valence electrons. The zero-order valence-corrected chi connectivity index (χ0v) is 18.6. The fourth-order valence-electron chi connectivity index (χ4n) is 5.78. The molecule has 2 aromatic carbocycles. The van der Waals surface area contributed by atoms with Crippen molar-refractivity contribution in [1.29, 1.82) is 0 Å². The predicted octanol–water partition coefficient (Wildman–Crippen LogP) is 7.01. The minimum absolute atomic E-state index is 0.330. The molecule has 0 radical (unpaired) electrons. The zero-order chi connectivity index (χ0) is 20.4. The maximum absolute atomic E-state index is 6.50. The lowest BCUT2D eigenvalue weighted by Gasteiger charge is -2.39. The van der Waals surface area contributed by atoms with Crippen molar-refractivity contribution in [3.63, 3.8) is 0 Å². The van der Waals surface area contributed by atoms with E-state index >= 15 is 0 Å². The summed E-state index contributed by atoms with van der Waals surface area (Å²) in [6.07, 6.45) is 3.68. The number of benzene rings is 2. The second-order valence-electron chi connectivity index (χ2n) is 9.85. The van der Waals surface area contributed by atoms with Crippen LogP contribution in [0.2, 0.25) is 10.0 Å². The Morgan fingerprint density at radius 1 is 1.00 bits per heavy atom. The lowest BCUT2D eigenvalue weighted by atomic mass is 9.65. The van der Waals surface area contributed by atoms with Crippen molar-refractivity contribution in [3.05, 3.63) is 52.5 Å². The normalized spacial score (nSPS) is 25.6. The first-order valence-corrected chi connectivity index (χ1v) is 11.0. The Kier molecular flexibility index (Phi) is 4.34. The highest BCUT2D eigenvalue weighted by Crippen LogP contribution is 2.53. The lowest BCUT2D eigenvalue weighted by molar-refractivity contribution is 0.136. The Bertz CT molecular complexity index is 1110. The number of rotatable bonds is 2. The smallest absolute Gasteiger partial charge is 0.163 e. The Labute approximate surface area is 182 Å². The number of anilines is 1. The van der Waals surface area contributed by atoms with E-state index in [2.05, 4.69) is 43.9 Å². The summed E-state index contributed by atoms with van der Waals surface area (Å²) in [6, 6.07) is 14.3. The number of aromatic nitrogens is 2. The van der Waals surface area contributed by atoms with Crippen molar-refractivity contribution < 1.29 is 0 Å². The van der Waals surface area contributed by atoms with Gasteiger partial charge in [0.25, 0.3) is 0 Å². The number of fused-ring (bicyclic) bond motifs is 3. The van der Waals surface area contributed by atoms with Crippen LogP contribution in [0.15, 0.2) is 42.5 Å². The molecule has 1 aliphatic heterocycles. The molecule has 2 atom stereocenters. The third kappa shape index (κ3) is 3.39. The highest BCUT2D eigenvalue weighted by molar-refractivity contribution is 6.36. The van der Waals surface area contributed by atoms with Gasteiger partial charge in [-0.05, 0) is 60.4 Å². The fraction of sp³-hybridized carbons (Fsp3) is 0.417. The Balaban J connectivity index is 1.68. The van der Waals surface area contributed by atoms with E-state index in [0.717, 1.165) is 28.8 Å². The molecule has 3 nitrogen and oxygen atoms in total. The van der Waals surface area contributed by atoms with Gasteiger partial charge in [0.15, 0.2) is 5.82 Å². The summed E-state index contributed by atoms with van der Waals surface area (Å²) in [4.78, 5) is 12.4. The Hall–Kier alpha value is -1.84. The van der Waals surface area contributed by atoms with E-state index in [9.17, 15) is 0 Å². The number of hydrogen-bond donors (Lipinski definition) is 0. The van der Waals surface area contributed by atoms with Crippen LogP contribution in [0.3, 0.4) is 0 Å². The number of nitrogens with zero attached hydrogens (tertiary/aromatic N) is 3. The molecule has 2 bridgehead atoms. The lowest BCUT2D eigenvalue weighted by Crippen LogP contribution is -2.35. The van der Waals surface area contributed by atoms with Crippen molar-refractivity contribution in [2.24, 2.45) is 10.8 Å². The number of hydrogen-bond acceptors (Lipinski definition) is 3. The minimum Gasteiger partial charge on any atom is -0.352 e. The molecule has 2 aliphatic rings. The molecule has 0 N–H and O–H groups in total. The van der Waals surface area contributed by atoms with Crippen LogP contribution in [-0.2, 0) is 0 Å². The Morgan fingerprint density at radius 3 is 2.59 bits per heavy atom. The van der Waals surface area contributed by atoms with Gasteiger partial charge in [0.2, 0.25) is 0 Å². The summed E-state index contributed by atoms with van der Waals surface area (Å²) in [5, 5.41) is 2.30. The summed E-state index contributed by atoms with van der Waals surface area (Å²) >= 11 is 12.6. The van der Waals surface area contributed by atoms with Crippen LogP contribution in [-0.4, -0.2) is 22.6 Å². The second-order valence-corrected chi connectivity index (χ2v) is 10.7. The summed E-state index contributed by atoms with van der Waals surface area (Å²) in [5.74, 6) is 1.69. The van der Waals surface area contributed by atoms with E-state index in [1.807, 2.05) is 18.2 Å². The molecule has 0 amide bonds. The highest BCUT2D eigenvalue weighted by atomic mass is 35.5. The van der Waals surface area contributed by atoms with E-state index in [0.29, 0.717) is 32.7 Å². The van der Waals surface area contributed by atoms with Crippen molar-refractivity contribution >= 4 is 39.9 Å². The molecular formula is C24H25Cl2N3. The van der Waals surface area contributed by atoms with Gasteiger partial charge >= 0.3 is 0 Å². The molecule has 0 spiro atoms. The average molecular weight is 426 g/mol. The molecule has 1 saturated carbocycles. The van der Waals surface area contributed by atoms with Crippen LogP contribution in [0, 0.1) is 10.8 Å². The van der Waals surface area contributed by atoms with Crippen LogP contribution in [0.25, 0.3) is 22.3 Å². The third-order valence-corrected chi connectivity index (χ3v) is 6.99. The number of halogens is 2. The molecule has 1 aromatic heterocycles. The first-order valence-electron chi connectivity index (χ1n) is 10.2. The molecule has 2 heterocycles. The summed E-state index contributed by atoms with van der Waals surface area (Å²) in [5.41, 5.74) is 2.45. The topological polar surface area (TPSA) is 29.0 Å². The van der Waals surface area contributed by atoms with Gasteiger partial charge in [-0.25, -0.2) is 9.97 Å². The van der Waals surface area contributed by atoms with E-state index in [1.165, 1.54) is 19.3 Å². The van der Waals surface area contributed by atoms with E-state index in [-0.39, 0.29) is 0 Å². The molecule has 1 aliphatic carbocycles. The highest BCUT2D eigenvalue weighted by Gasteiger charge is 2.50. The van der Waals surface area contributed by atoms with Gasteiger partial charge in [-0.1, -0.05) is 56.1 Å². The average Bonchev–Trinajstić information content (AvgIpc) is 2.89. The SMILES string of the molecule is CC1(C)CC2CC(C)(CN2c2nc(-c3ccc(Cl)cc3Cl)nc3ccccc23)C1. The monoisotopic (exact) mass is 425 g/mol. The quantitative estimate of drug-likeness (QED) is 0.441. The van der Waals surface area contributed by atoms with Crippen molar-refractivity contribution in [1.82, 2.24) is 9.97 Å².